The molecule has 1 unspecified atom stereocenters. The van der Waals surface area contributed by atoms with Crippen molar-refractivity contribution in [3.8, 4) is 5.75 Å². The molecule has 2 aromatic carbocycles. The predicted molar refractivity (Wildman–Crippen MR) is 104 cm³/mol. The number of ether oxygens (including phenoxy) is 1. The van der Waals surface area contributed by atoms with Crippen LogP contribution in [0.3, 0.4) is 0 Å². The van der Waals surface area contributed by atoms with E-state index in [0.717, 1.165) is 4.90 Å². The number of fused-ring (bicyclic) bond motifs is 1. The maximum Gasteiger partial charge on any atom is 0.262 e. The number of nitrogens with one attached hydrogen (secondary N) is 1. The van der Waals surface area contributed by atoms with Crippen LogP contribution in [-0.2, 0) is 9.59 Å². The fourth-order valence-corrected chi connectivity index (χ4v) is 3.62. The van der Waals surface area contributed by atoms with Gasteiger partial charge in [-0.3, -0.25) is 24.1 Å². The van der Waals surface area contributed by atoms with E-state index in [-0.39, 0.29) is 18.9 Å². The number of amides is 4. The molecule has 148 valence electrons. The van der Waals surface area contributed by atoms with Gasteiger partial charge in [0.25, 0.3) is 11.8 Å². The summed E-state index contributed by atoms with van der Waals surface area (Å²) in [5.41, 5.74) is 1.31. The summed E-state index contributed by atoms with van der Waals surface area (Å²) in [5.74, 6) is -0.868. The summed E-state index contributed by atoms with van der Waals surface area (Å²) >= 11 is 0. The molecule has 0 aliphatic carbocycles. The minimum absolute atomic E-state index is 0.110. The lowest BCUT2D eigenvalue weighted by molar-refractivity contribution is -0.122. The van der Waals surface area contributed by atoms with Crippen LogP contribution in [0.2, 0.25) is 0 Å². The first-order valence-electron chi connectivity index (χ1n) is 9.17. The van der Waals surface area contributed by atoms with E-state index in [1.807, 2.05) is 0 Å². The number of imide groups is 1. The summed E-state index contributed by atoms with van der Waals surface area (Å²) in [6, 6.07) is 13.2. The second-order valence-electron chi connectivity index (χ2n) is 6.91. The number of rotatable bonds is 5. The highest BCUT2D eigenvalue weighted by Crippen LogP contribution is 2.25. The lowest BCUT2D eigenvalue weighted by Gasteiger charge is -2.19. The molecule has 1 atom stereocenters. The van der Waals surface area contributed by atoms with Gasteiger partial charge in [-0.15, -0.1) is 0 Å². The highest BCUT2D eigenvalue weighted by atomic mass is 16.5. The van der Waals surface area contributed by atoms with E-state index in [4.69, 9.17) is 4.74 Å². The van der Waals surface area contributed by atoms with Gasteiger partial charge in [0.15, 0.2) is 0 Å². The van der Waals surface area contributed by atoms with Crippen LogP contribution in [0.25, 0.3) is 0 Å². The smallest absolute Gasteiger partial charge is 0.262 e. The molecule has 2 aliphatic heterocycles. The number of hydrogen-bond acceptors (Lipinski definition) is 5. The van der Waals surface area contributed by atoms with Crippen molar-refractivity contribution in [3.05, 3.63) is 59.7 Å². The highest BCUT2D eigenvalue weighted by Gasteiger charge is 2.37. The van der Waals surface area contributed by atoms with Crippen LogP contribution in [0.4, 0.5) is 5.69 Å². The number of carbonyl (C=O) groups is 4. The topological polar surface area (TPSA) is 96.0 Å². The molecule has 29 heavy (non-hydrogen) atoms. The molecule has 1 fully saturated rings. The SMILES string of the molecule is COc1ccc(N2CC(NC(=O)CN3C(=O)c4ccccc4C3=O)CC2=O)cc1. The van der Waals surface area contributed by atoms with Gasteiger partial charge < -0.3 is 15.0 Å². The molecule has 4 amide bonds. The van der Waals surface area contributed by atoms with Crippen LogP contribution in [0.5, 0.6) is 5.75 Å². The molecular formula is C21H19N3O5. The first-order chi connectivity index (χ1) is 14.0. The molecule has 0 spiro atoms. The molecule has 0 bridgehead atoms. The standard InChI is InChI=1S/C21H19N3O5/c1-29-15-8-6-14(7-9-15)23-11-13(10-19(23)26)22-18(25)12-24-20(27)16-4-2-3-5-17(16)21(24)28/h2-9,13H,10-12H2,1H3,(H,22,25). The van der Waals surface area contributed by atoms with E-state index in [1.165, 1.54) is 0 Å². The van der Waals surface area contributed by atoms with Gasteiger partial charge in [-0.1, -0.05) is 12.1 Å². The molecule has 1 saturated heterocycles. The first-order valence-corrected chi connectivity index (χ1v) is 9.17. The second kappa shape index (κ2) is 7.38. The first kappa shape index (κ1) is 18.7. The van der Waals surface area contributed by atoms with Crippen molar-refractivity contribution in [2.75, 3.05) is 25.1 Å². The predicted octanol–water partition coefficient (Wildman–Crippen LogP) is 1.21. The Kier molecular flexibility index (Phi) is 4.75. The molecule has 0 saturated carbocycles. The third-order valence-corrected chi connectivity index (χ3v) is 5.05. The average Bonchev–Trinajstić information content (AvgIpc) is 3.21. The monoisotopic (exact) mass is 393 g/mol. The van der Waals surface area contributed by atoms with E-state index in [2.05, 4.69) is 5.32 Å². The summed E-state index contributed by atoms with van der Waals surface area (Å²) in [6.45, 7) is -0.0570. The Morgan fingerprint density at radius 1 is 1.03 bits per heavy atom. The zero-order valence-electron chi connectivity index (χ0n) is 15.8. The van der Waals surface area contributed by atoms with Gasteiger partial charge in [0.2, 0.25) is 11.8 Å². The maximum atomic E-state index is 12.4. The van der Waals surface area contributed by atoms with Crippen molar-refractivity contribution in [2.45, 2.75) is 12.5 Å². The van der Waals surface area contributed by atoms with Gasteiger partial charge in [-0.2, -0.15) is 0 Å². The number of nitrogens with zero attached hydrogens (tertiary/aromatic N) is 2. The summed E-state index contributed by atoms with van der Waals surface area (Å²) in [6.07, 6.45) is 0.153. The van der Waals surface area contributed by atoms with Crippen LogP contribution in [0, 0.1) is 0 Å². The van der Waals surface area contributed by atoms with Crippen molar-refractivity contribution in [1.29, 1.82) is 0 Å². The van der Waals surface area contributed by atoms with Gasteiger partial charge >= 0.3 is 0 Å². The van der Waals surface area contributed by atoms with Crippen molar-refractivity contribution in [1.82, 2.24) is 10.2 Å². The minimum Gasteiger partial charge on any atom is -0.497 e. The number of carbonyl (C=O) groups excluding carboxylic acids is 4. The van der Waals surface area contributed by atoms with Crippen LogP contribution in [0.1, 0.15) is 27.1 Å². The van der Waals surface area contributed by atoms with Gasteiger partial charge in [0.05, 0.1) is 24.3 Å². The van der Waals surface area contributed by atoms with Gasteiger partial charge in [0, 0.05) is 18.7 Å². The zero-order valence-corrected chi connectivity index (χ0v) is 15.8. The molecule has 4 rings (SSSR count). The lowest BCUT2D eigenvalue weighted by Crippen LogP contribution is -2.44. The molecule has 8 heteroatoms. The van der Waals surface area contributed by atoms with Crippen molar-refractivity contribution >= 4 is 29.3 Å². The molecule has 2 aliphatic rings. The van der Waals surface area contributed by atoms with E-state index in [9.17, 15) is 19.2 Å². The van der Waals surface area contributed by atoms with E-state index in [0.29, 0.717) is 29.1 Å². The van der Waals surface area contributed by atoms with Crippen LogP contribution in [0.15, 0.2) is 48.5 Å². The van der Waals surface area contributed by atoms with Crippen LogP contribution < -0.4 is 15.0 Å². The number of methoxy groups -OCH3 is 1. The largest absolute Gasteiger partial charge is 0.497 e. The third-order valence-electron chi connectivity index (χ3n) is 5.05. The Morgan fingerprint density at radius 3 is 2.24 bits per heavy atom. The Balaban J connectivity index is 1.38. The number of hydrogen-bond donors (Lipinski definition) is 1. The van der Waals surface area contributed by atoms with Crippen molar-refractivity contribution in [2.24, 2.45) is 0 Å². The molecule has 0 radical (unpaired) electrons. The Hall–Kier alpha value is -3.68. The Bertz CT molecular complexity index is 967. The summed E-state index contributed by atoms with van der Waals surface area (Å²) in [5, 5.41) is 2.75. The normalized spacial score (nSPS) is 18.2. The molecule has 0 aromatic heterocycles. The molecular weight excluding hydrogens is 374 g/mol. The molecule has 2 aromatic rings. The van der Waals surface area contributed by atoms with Gasteiger partial charge in [-0.25, -0.2) is 0 Å². The van der Waals surface area contributed by atoms with Crippen LogP contribution >= 0.6 is 0 Å². The fraction of sp³-hybridized carbons (Fsp3) is 0.238. The van der Waals surface area contributed by atoms with Crippen LogP contribution in [-0.4, -0.2) is 54.8 Å². The number of benzene rings is 2. The Morgan fingerprint density at radius 2 is 1.66 bits per heavy atom. The maximum absolute atomic E-state index is 12.4. The zero-order chi connectivity index (χ0) is 20.5. The quantitative estimate of drug-likeness (QED) is 0.771. The fourth-order valence-electron chi connectivity index (χ4n) is 3.62. The molecule has 8 nitrogen and oxygen atoms in total. The summed E-state index contributed by atoms with van der Waals surface area (Å²) in [7, 11) is 1.57. The second-order valence-corrected chi connectivity index (χ2v) is 6.91. The minimum atomic E-state index is -0.483. The Labute approximate surface area is 167 Å². The summed E-state index contributed by atoms with van der Waals surface area (Å²) < 4.78 is 5.12. The van der Waals surface area contributed by atoms with E-state index < -0.39 is 23.8 Å². The van der Waals surface area contributed by atoms with Gasteiger partial charge in [0.1, 0.15) is 12.3 Å². The van der Waals surface area contributed by atoms with E-state index >= 15 is 0 Å². The third kappa shape index (κ3) is 3.44. The summed E-state index contributed by atoms with van der Waals surface area (Å²) in [4.78, 5) is 52.0. The average molecular weight is 393 g/mol. The van der Waals surface area contributed by atoms with Crippen molar-refractivity contribution < 1.29 is 23.9 Å². The van der Waals surface area contributed by atoms with Gasteiger partial charge in [-0.05, 0) is 36.4 Å². The van der Waals surface area contributed by atoms with E-state index in [1.54, 1.807) is 60.5 Å². The molecule has 1 N–H and O–H groups in total. The molecule has 2 heterocycles. The van der Waals surface area contributed by atoms with Crippen molar-refractivity contribution in [3.63, 3.8) is 0 Å². The number of anilines is 1. The lowest BCUT2D eigenvalue weighted by atomic mass is 10.1. The highest BCUT2D eigenvalue weighted by molar-refractivity contribution is 6.22.